The van der Waals surface area contributed by atoms with Gasteiger partial charge in [-0.3, -0.25) is 0 Å². The first-order valence-corrected chi connectivity index (χ1v) is 3.42. The number of nitriles is 2. The number of hydrogen-bond acceptors (Lipinski definition) is 7. The molecule has 0 unspecified atom stereocenters. The number of aliphatic hydroxyl groups is 1. The van der Waals surface area contributed by atoms with Crippen molar-refractivity contribution in [2.45, 2.75) is 6.10 Å². The lowest BCUT2D eigenvalue weighted by Gasteiger charge is -2.11. The molecular formula is C7H6N2O5. The lowest BCUT2D eigenvalue weighted by Crippen LogP contribution is -2.27. The third-order valence-corrected chi connectivity index (χ3v) is 1.06. The zero-order chi connectivity index (χ0) is 11.0. The van der Waals surface area contributed by atoms with E-state index in [0.717, 1.165) is 12.1 Å². The van der Waals surface area contributed by atoms with Gasteiger partial charge in [-0.2, -0.15) is 10.5 Å². The van der Waals surface area contributed by atoms with Crippen LogP contribution in [0.25, 0.3) is 0 Å². The Morgan fingerprint density at radius 2 is 1.86 bits per heavy atom. The summed E-state index contributed by atoms with van der Waals surface area (Å²) in [6, 6.07) is 2.32. The number of rotatable bonds is 4. The first-order chi connectivity index (χ1) is 6.63. The van der Waals surface area contributed by atoms with E-state index in [4.69, 9.17) is 15.6 Å². The summed E-state index contributed by atoms with van der Waals surface area (Å²) in [5.41, 5.74) is 0. The molecular weight excluding hydrogens is 192 g/mol. The average molecular weight is 198 g/mol. The molecule has 0 bridgehead atoms. The maximum Gasteiger partial charge on any atom is 0.411 e. The summed E-state index contributed by atoms with van der Waals surface area (Å²) in [6.45, 7) is -1.07. The van der Waals surface area contributed by atoms with Crippen molar-refractivity contribution in [1.29, 1.82) is 10.5 Å². The van der Waals surface area contributed by atoms with E-state index in [-0.39, 0.29) is 0 Å². The van der Waals surface area contributed by atoms with Gasteiger partial charge in [-0.05, 0) is 0 Å². The summed E-state index contributed by atoms with van der Waals surface area (Å²) < 4.78 is 8.55. The molecule has 0 heterocycles. The summed E-state index contributed by atoms with van der Waals surface area (Å²) in [7, 11) is 0. The molecule has 0 aliphatic carbocycles. The van der Waals surface area contributed by atoms with E-state index in [2.05, 4.69) is 9.47 Å². The Kier molecular flexibility index (Phi) is 5.43. The standard InChI is InChI=1S/C7H6N2O5/c8-1-6(11)13-4-5(3-10)14-7(12)2-9/h5,10H,3-4H2/t5-/m0/s1. The zero-order valence-electron chi connectivity index (χ0n) is 6.97. The number of ether oxygens (including phenoxy) is 2. The Morgan fingerprint density at radius 3 is 2.29 bits per heavy atom. The van der Waals surface area contributed by atoms with Crippen LogP contribution in [0, 0.1) is 22.7 Å². The van der Waals surface area contributed by atoms with Gasteiger partial charge in [0.25, 0.3) is 0 Å². The fourth-order valence-electron chi connectivity index (χ4n) is 0.503. The minimum Gasteiger partial charge on any atom is -0.451 e. The van der Waals surface area contributed by atoms with E-state index in [1.165, 1.54) is 0 Å². The monoisotopic (exact) mass is 198 g/mol. The van der Waals surface area contributed by atoms with Crippen LogP contribution in [-0.4, -0.2) is 36.4 Å². The van der Waals surface area contributed by atoms with Crippen molar-refractivity contribution in [3.8, 4) is 12.1 Å². The molecule has 7 heteroatoms. The quantitative estimate of drug-likeness (QED) is 0.430. The molecule has 0 radical (unpaired) electrons. The number of esters is 2. The van der Waals surface area contributed by atoms with E-state index in [1.807, 2.05) is 0 Å². The fourth-order valence-corrected chi connectivity index (χ4v) is 0.503. The number of hydrogen-bond donors (Lipinski definition) is 1. The van der Waals surface area contributed by atoms with Crippen LogP contribution >= 0.6 is 0 Å². The second-order valence-electron chi connectivity index (χ2n) is 2.03. The van der Waals surface area contributed by atoms with Crippen molar-refractivity contribution in [3.63, 3.8) is 0 Å². The molecule has 0 aliphatic rings. The number of nitrogens with zero attached hydrogens (tertiary/aromatic N) is 2. The molecule has 0 rings (SSSR count). The summed E-state index contributed by atoms with van der Waals surface area (Å²) in [4.78, 5) is 20.7. The molecule has 0 aromatic rings. The molecule has 1 atom stereocenters. The normalized spacial score (nSPS) is 10.5. The van der Waals surface area contributed by atoms with E-state index in [9.17, 15) is 9.59 Å². The van der Waals surface area contributed by atoms with Gasteiger partial charge >= 0.3 is 11.9 Å². The van der Waals surface area contributed by atoms with Crippen molar-refractivity contribution in [3.05, 3.63) is 0 Å². The van der Waals surface area contributed by atoms with Crippen LogP contribution in [0.15, 0.2) is 0 Å². The molecule has 0 saturated carbocycles. The maximum atomic E-state index is 10.4. The van der Waals surface area contributed by atoms with E-state index in [0.29, 0.717) is 0 Å². The van der Waals surface area contributed by atoms with E-state index >= 15 is 0 Å². The highest BCUT2D eigenvalue weighted by atomic mass is 16.6. The van der Waals surface area contributed by atoms with E-state index in [1.54, 1.807) is 0 Å². The van der Waals surface area contributed by atoms with Gasteiger partial charge in [0.1, 0.15) is 6.61 Å². The second-order valence-corrected chi connectivity index (χ2v) is 2.03. The van der Waals surface area contributed by atoms with Gasteiger partial charge in [-0.15, -0.1) is 0 Å². The molecule has 14 heavy (non-hydrogen) atoms. The van der Waals surface area contributed by atoms with Crippen LogP contribution in [0.1, 0.15) is 0 Å². The average Bonchev–Trinajstić information content (AvgIpc) is 2.22. The molecule has 7 nitrogen and oxygen atoms in total. The maximum absolute atomic E-state index is 10.4. The molecule has 0 aromatic carbocycles. The Morgan fingerprint density at radius 1 is 1.29 bits per heavy atom. The van der Waals surface area contributed by atoms with Crippen LogP contribution in [-0.2, 0) is 19.1 Å². The third-order valence-electron chi connectivity index (χ3n) is 1.06. The van der Waals surface area contributed by atoms with Gasteiger partial charge in [-0.1, -0.05) is 0 Å². The zero-order valence-corrected chi connectivity index (χ0v) is 6.97. The van der Waals surface area contributed by atoms with Gasteiger partial charge in [-0.25, -0.2) is 9.59 Å². The molecule has 74 valence electrons. The molecule has 0 aliphatic heterocycles. The lowest BCUT2D eigenvalue weighted by atomic mass is 10.4. The van der Waals surface area contributed by atoms with Gasteiger partial charge < -0.3 is 14.6 Å². The molecule has 0 spiro atoms. The highest BCUT2D eigenvalue weighted by molar-refractivity contribution is 5.86. The Hall–Kier alpha value is -2.12. The SMILES string of the molecule is N#CC(=O)OC[C@H](CO)OC(=O)C#N. The van der Waals surface area contributed by atoms with Gasteiger partial charge in [0, 0.05) is 0 Å². The lowest BCUT2D eigenvalue weighted by molar-refractivity contribution is -0.154. The minimum absolute atomic E-state index is 0.462. The first kappa shape index (κ1) is 11.9. The largest absolute Gasteiger partial charge is 0.451 e. The topological polar surface area (TPSA) is 120 Å². The van der Waals surface area contributed by atoms with Crippen LogP contribution in [0.5, 0.6) is 0 Å². The van der Waals surface area contributed by atoms with Gasteiger partial charge in [0.2, 0.25) is 0 Å². The smallest absolute Gasteiger partial charge is 0.411 e. The molecule has 0 amide bonds. The first-order valence-electron chi connectivity index (χ1n) is 3.42. The van der Waals surface area contributed by atoms with Crippen molar-refractivity contribution in [2.75, 3.05) is 13.2 Å². The summed E-state index contributed by atoms with van der Waals surface area (Å²) >= 11 is 0. The number of carbonyl (C=O) groups excluding carboxylic acids is 2. The molecule has 0 aromatic heterocycles. The number of aliphatic hydroxyl groups excluding tert-OH is 1. The summed E-state index contributed by atoms with van der Waals surface area (Å²) in [5, 5.41) is 24.6. The number of carbonyl (C=O) groups is 2. The summed E-state index contributed by atoms with van der Waals surface area (Å²) in [6.07, 6.45) is -1.13. The Labute approximate surface area is 79.1 Å². The molecule has 0 fully saturated rings. The van der Waals surface area contributed by atoms with Crippen molar-refractivity contribution in [1.82, 2.24) is 0 Å². The Bertz CT molecular complexity index is 300. The van der Waals surface area contributed by atoms with Crippen LogP contribution in [0.4, 0.5) is 0 Å². The van der Waals surface area contributed by atoms with Crippen LogP contribution < -0.4 is 0 Å². The van der Waals surface area contributed by atoms with Crippen molar-refractivity contribution in [2.24, 2.45) is 0 Å². The van der Waals surface area contributed by atoms with Crippen LogP contribution in [0.3, 0.4) is 0 Å². The fraction of sp³-hybridized carbons (Fsp3) is 0.429. The molecule has 0 saturated heterocycles. The van der Waals surface area contributed by atoms with Crippen molar-refractivity contribution < 1.29 is 24.2 Å². The van der Waals surface area contributed by atoms with Crippen molar-refractivity contribution >= 4 is 11.9 Å². The third kappa shape index (κ3) is 4.70. The summed E-state index contributed by atoms with van der Waals surface area (Å²) in [5.74, 6) is -2.35. The van der Waals surface area contributed by atoms with Crippen LogP contribution in [0.2, 0.25) is 0 Å². The van der Waals surface area contributed by atoms with Gasteiger partial charge in [0.05, 0.1) is 6.61 Å². The minimum atomic E-state index is -1.20. The highest BCUT2D eigenvalue weighted by Crippen LogP contribution is 1.93. The predicted molar refractivity (Wildman–Crippen MR) is 39.2 cm³/mol. The van der Waals surface area contributed by atoms with E-state index < -0.39 is 31.3 Å². The second kappa shape index (κ2) is 6.40. The van der Waals surface area contributed by atoms with Gasteiger partial charge in [0.15, 0.2) is 18.2 Å². The highest BCUT2D eigenvalue weighted by Gasteiger charge is 2.15. The molecule has 1 N–H and O–H groups in total. The Balaban J connectivity index is 3.94. The predicted octanol–water partition coefficient (Wildman–Crippen LogP) is -1.52.